The number of benzene rings is 1. The highest BCUT2D eigenvalue weighted by molar-refractivity contribution is 9.10. The molecule has 3 rings (SSSR count). The molecule has 1 aromatic heterocycles. The predicted molar refractivity (Wildman–Crippen MR) is 107 cm³/mol. The Balaban J connectivity index is 2.09. The minimum absolute atomic E-state index is 0.0563. The number of rotatable bonds is 3. The number of aromatic nitrogens is 1. The van der Waals surface area contributed by atoms with Gasteiger partial charge in [0.2, 0.25) is 0 Å². The molecule has 0 spiro atoms. The van der Waals surface area contributed by atoms with Crippen molar-refractivity contribution in [3.8, 4) is 0 Å². The summed E-state index contributed by atoms with van der Waals surface area (Å²) < 4.78 is 3.09. The van der Waals surface area contributed by atoms with Crippen molar-refractivity contribution >= 4 is 33.2 Å². The second kappa shape index (κ2) is 6.84. The van der Waals surface area contributed by atoms with E-state index >= 15 is 0 Å². The van der Waals surface area contributed by atoms with Crippen molar-refractivity contribution in [2.75, 3.05) is 0 Å². The molecule has 0 unspecified atom stereocenters. The maximum absolute atomic E-state index is 12.8. The van der Waals surface area contributed by atoms with Gasteiger partial charge >= 0.3 is 0 Å². The van der Waals surface area contributed by atoms with Crippen LogP contribution in [0.2, 0.25) is 0 Å². The molecule has 1 aliphatic carbocycles. The van der Waals surface area contributed by atoms with E-state index < -0.39 is 0 Å². The molecule has 0 saturated heterocycles. The van der Waals surface area contributed by atoms with Gasteiger partial charge in [0.1, 0.15) is 0 Å². The molecule has 134 valence electrons. The monoisotopic (exact) mass is 420 g/mol. The Morgan fingerprint density at radius 3 is 2.60 bits per heavy atom. The molecule has 0 aliphatic heterocycles. The van der Waals surface area contributed by atoms with E-state index in [1.54, 1.807) is 11.3 Å². The van der Waals surface area contributed by atoms with Crippen molar-refractivity contribution in [1.29, 1.82) is 0 Å². The topological polar surface area (TPSA) is 34.4 Å². The van der Waals surface area contributed by atoms with Crippen LogP contribution in [0.5, 0.6) is 0 Å². The zero-order valence-electron chi connectivity index (χ0n) is 15.5. The van der Waals surface area contributed by atoms with Crippen LogP contribution in [0.4, 0.5) is 0 Å². The standard InChI is InChI=1S/C20H25BrN2OS/c1-12-7-6-8-15(16(12)21)18(24)22-19-23(11-14-9-10-14)13(2)17(25-19)20(3,4)5/h6-8,14H,9-11H2,1-5H3/b22-19-. The Hall–Kier alpha value is -1.20. The van der Waals surface area contributed by atoms with Gasteiger partial charge in [-0.1, -0.05) is 32.9 Å². The minimum Gasteiger partial charge on any atom is -0.320 e. The molecule has 1 fully saturated rings. The summed E-state index contributed by atoms with van der Waals surface area (Å²) >= 11 is 5.19. The highest BCUT2D eigenvalue weighted by Crippen LogP contribution is 2.33. The smallest absolute Gasteiger partial charge is 0.280 e. The van der Waals surface area contributed by atoms with Crippen LogP contribution in [0.3, 0.4) is 0 Å². The Morgan fingerprint density at radius 2 is 2.00 bits per heavy atom. The van der Waals surface area contributed by atoms with Gasteiger partial charge in [-0.05, 0) is 65.6 Å². The Kier molecular flexibility index (Phi) is 5.09. The normalized spacial score (nSPS) is 15.7. The van der Waals surface area contributed by atoms with Gasteiger partial charge in [-0.2, -0.15) is 4.99 Å². The molecule has 0 atom stereocenters. The van der Waals surface area contributed by atoms with Gasteiger partial charge in [-0.25, -0.2) is 0 Å². The average molecular weight is 421 g/mol. The van der Waals surface area contributed by atoms with Crippen LogP contribution < -0.4 is 4.80 Å². The lowest BCUT2D eigenvalue weighted by atomic mass is 9.93. The molecule has 1 amide bonds. The van der Waals surface area contributed by atoms with E-state index in [-0.39, 0.29) is 11.3 Å². The van der Waals surface area contributed by atoms with Crippen LogP contribution in [0, 0.1) is 19.8 Å². The fourth-order valence-electron chi connectivity index (χ4n) is 3.00. The third kappa shape index (κ3) is 3.98. The van der Waals surface area contributed by atoms with Gasteiger partial charge in [-0.3, -0.25) is 4.79 Å². The number of hydrogen-bond donors (Lipinski definition) is 0. The first-order chi connectivity index (χ1) is 11.7. The second-order valence-electron chi connectivity index (χ2n) is 7.96. The van der Waals surface area contributed by atoms with Gasteiger partial charge in [0.15, 0.2) is 4.80 Å². The van der Waals surface area contributed by atoms with Gasteiger partial charge in [0, 0.05) is 21.6 Å². The van der Waals surface area contributed by atoms with Gasteiger partial charge in [0.05, 0.1) is 5.56 Å². The summed E-state index contributed by atoms with van der Waals surface area (Å²) in [5.74, 6) is 0.558. The zero-order valence-corrected chi connectivity index (χ0v) is 17.9. The van der Waals surface area contributed by atoms with Crippen LogP contribution in [-0.4, -0.2) is 10.5 Å². The number of halogens is 1. The molecular weight excluding hydrogens is 396 g/mol. The first-order valence-electron chi connectivity index (χ1n) is 8.73. The Labute approximate surface area is 161 Å². The highest BCUT2D eigenvalue weighted by atomic mass is 79.9. The molecule has 2 aromatic rings. The van der Waals surface area contributed by atoms with E-state index in [2.05, 4.69) is 53.2 Å². The number of aryl methyl sites for hydroxylation is 1. The van der Waals surface area contributed by atoms with Crippen molar-refractivity contribution in [2.45, 2.75) is 59.4 Å². The minimum atomic E-state index is -0.179. The molecule has 1 saturated carbocycles. The second-order valence-corrected chi connectivity index (χ2v) is 9.73. The van der Waals surface area contributed by atoms with Crippen LogP contribution in [0.1, 0.15) is 60.1 Å². The average Bonchev–Trinajstić information content (AvgIpc) is 3.28. The van der Waals surface area contributed by atoms with E-state index in [1.165, 1.54) is 23.4 Å². The van der Waals surface area contributed by atoms with Gasteiger partial charge in [0.25, 0.3) is 5.91 Å². The summed E-state index contributed by atoms with van der Waals surface area (Å²) in [6, 6.07) is 5.72. The lowest BCUT2D eigenvalue weighted by Crippen LogP contribution is -2.20. The SMILES string of the molecule is Cc1cccc(C(=O)/N=c2\sc(C(C)(C)C)c(C)n2CC2CC2)c1Br. The molecule has 5 heteroatoms. The maximum atomic E-state index is 12.8. The number of carbonyl (C=O) groups is 1. The van der Waals surface area contributed by atoms with Crippen molar-refractivity contribution < 1.29 is 4.79 Å². The van der Waals surface area contributed by atoms with Gasteiger partial charge in [-0.15, -0.1) is 11.3 Å². The van der Waals surface area contributed by atoms with E-state index in [0.717, 1.165) is 27.3 Å². The number of hydrogen-bond acceptors (Lipinski definition) is 2. The fraction of sp³-hybridized carbons (Fsp3) is 0.500. The van der Waals surface area contributed by atoms with Crippen LogP contribution in [0.25, 0.3) is 0 Å². The fourth-order valence-corrected chi connectivity index (χ4v) is 4.63. The van der Waals surface area contributed by atoms with Crippen molar-refractivity contribution in [3.63, 3.8) is 0 Å². The van der Waals surface area contributed by atoms with Crippen molar-refractivity contribution in [2.24, 2.45) is 10.9 Å². The number of thiazole rings is 1. The molecule has 0 radical (unpaired) electrons. The van der Waals surface area contributed by atoms with Crippen molar-refractivity contribution in [1.82, 2.24) is 4.57 Å². The summed E-state index contributed by atoms with van der Waals surface area (Å²) in [5.41, 5.74) is 2.98. The maximum Gasteiger partial charge on any atom is 0.280 e. The molecule has 1 heterocycles. The van der Waals surface area contributed by atoms with Gasteiger partial charge < -0.3 is 4.57 Å². The number of nitrogens with zero attached hydrogens (tertiary/aromatic N) is 2. The summed E-state index contributed by atoms with van der Waals surface area (Å²) in [7, 11) is 0. The molecule has 1 aliphatic rings. The third-order valence-corrected chi connectivity index (χ3v) is 7.25. The lowest BCUT2D eigenvalue weighted by molar-refractivity contribution is 0.0997. The summed E-state index contributed by atoms with van der Waals surface area (Å²) in [6.07, 6.45) is 2.56. The van der Waals surface area contributed by atoms with E-state index in [0.29, 0.717) is 5.56 Å². The Morgan fingerprint density at radius 1 is 1.32 bits per heavy atom. The molecule has 25 heavy (non-hydrogen) atoms. The number of amides is 1. The first-order valence-corrected chi connectivity index (χ1v) is 10.3. The van der Waals surface area contributed by atoms with Crippen LogP contribution in [0.15, 0.2) is 27.7 Å². The highest BCUT2D eigenvalue weighted by Gasteiger charge is 2.27. The molecule has 1 aromatic carbocycles. The largest absolute Gasteiger partial charge is 0.320 e. The molecule has 0 N–H and O–H groups in total. The predicted octanol–water partition coefficient (Wildman–Crippen LogP) is 5.38. The van der Waals surface area contributed by atoms with E-state index in [4.69, 9.17) is 0 Å². The summed E-state index contributed by atoms with van der Waals surface area (Å²) in [6.45, 7) is 11.8. The van der Waals surface area contributed by atoms with Crippen LogP contribution in [-0.2, 0) is 12.0 Å². The third-order valence-electron chi connectivity index (χ3n) is 4.60. The van der Waals surface area contributed by atoms with E-state index in [9.17, 15) is 4.79 Å². The summed E-state index contributed by atoms with van der Waals surface area (Å²) in [5, 5.41) is 0. The van der Waals surface area contributed by atoms with Crippen molar-refractivity contribution in [3.05, 3.63) is 49.2 Å². The Bertz CT molecular complexity index is 882. The molecular formula is C20H25BrN2OS. The number of carbonyl (C=O) groups excluding carboxylic acids is 1. The summed E-state index contributed by atoms with van der Waals surface area (Å²) in [4.78, 5) is 19.5. The molecule has 3 nitrogen and oxygen atoms in total. The first kappa shape index (κ1) is 18.6. The molecule has 0 bridgehead atoms. The van der Waals surface area contributed by atoms with E-state index in [1.807, 2.05) is 25.1 Å². The quantitative estimate of drug-likeness (QED) is 0.656. The zero-order chi connectivity index (χ0) is 18.4. The van der Waals surface area contributed by atoms with Crippen LogP contribution >= 0.6 is 27.3 Å². The lowest BCUT2D eigenvalue weighted by Gasteiger charge is -2.17.